The summed E-state index contributed by atoms with van der Waals surface area (Å²) in [5.74, 6) is 1.25. The van der Waals surface area contributed by atoms with Crippen LogP contribution in [0.15, 0.2) is 52.6 Å². The van der Waals surface area contributed by atoms with Crippen molar-refractivity contribution >= 4 is 23.5 Å². The van der Waals surface area contributed by atoms with Gasteiger partial charge in [-0.05, 0) is 57.2 Å². The minimum atomic E-state index is 0.0986. The first-order valence-electron chi connectivity index (χ1n) is 12.5. The summed E-state index contributed by atoms with van der Waals surface area (Å²) in [6.45, 7) is 7.08. The zero-order valence-corrected chi connectivity index (χ0v) is 20.6. The number of likely N-dealkylation sites (tertiary alicyclic amines) is 1. The lowest BCUT2D eigenvalue weighted by Crippen LogP contribution is -2.43. The second-order valence-corrected chi connectivity index (χ2v) is 10.2. The van der Waals surface area contributed by atoms with E-state index < -0.39 is 0 Å². The third kappa shape index (κ3) is 6.70. The highest BCUT2D eigenvalue weighted by Gasteiger charge is 2.27. The number of benzene rings is 1. The number of anilines is 1. The molecule has 178 valence electrons. The molecule has 6 nitrogen and oxygen atoms in total. The second-order valence-electron chi connectivity index (χ2n) is 9.10. The molecule has 3 heterocycles. The van der Waals surface area contributed by atoms with Gasteiger partial charge in [-0.2, -0.15) is 0 Å². The SMILES string of the molecule is CC[C@H]1CCCCN1CCCNC(=O)C1CCN(c2nccnc2Sc2ccccc2)CC1. The summed E-state index contributed by atoms with van der Waals surface area (Å²) in [7, 11) is 0. The van der Waals surface area contributed by atoms with Crippen LogP contribution in [0, 0.1) is 5.92 Å². The monoisotopic (exact) mass is 467 g/mol. The van der Waals surface area contributed by atoms with Crippen LogP contribution < -0.4 is 10.2 Å². The number of hydrogen-bond donors (Lipinski definition) is 1. The summed E-state index contributed by atoms with van der Waals surface area (Å²) in [5, 5.41) is 4.13. The van der Waals surface area contributed by atoms with Gasteiger partial charge in [0.2, 0.25) is 5.91 Å². The van der Waals surface area contributed by atoms with E-state index in [0.717, 1.165) is 67.2 Å². The molecule has 33 heavy (non-hydrogen) atoms. The van der Waals surface area contributed by atoms with E-state index in [1.807, 2.05) is 18.2 Å². The lowest BCUT2D eigenvalue weighted by atomic mass is 9.96. The summed E-state index contributed by atoms with van der Waals surface area (Å²) in [6, 6.07) is 11.0. The molecule has 2 fully saturated rings. The van der Waals surface area contributed by atoms with Crippen molar-refractivity contribution in [3.63, 3.8) is 0 Å². The molecule has 1 atom stereocenters. The van der Waals surface area contributed by atoms with Crippen molar-refractivity contribution in [3.8, 4) is 0 Å². The fraction of sp³-hybridized carbons (Fsp3) is 0.577. The van der Waals surface area contributed by atoms with Gasteiger partial charge in [0, 0.05) is 55.4 Å². The quantitative estimate of drug-likeness (QED) is 0.543. The molecule has 2 saturated heterocycles. The molecule has 1 N–H and O–H groups in total. The van der Waals surface area contributed by atoms with Crippen LogP contribution in [0.5, 0.6) is 0 Å². The Labute approximate surface area is 202 Å². The molecule has 0 bridgehead atoms. The summed E-state index contributed by atoms with van der Waals surface area (Å²) < 4.78 is 0. The van der Waals surface area contributed by atoms with E-state index in [1.165, 1.54) is 32.2 Å². The summed E-state index contributed by atoms with van der Waals surface area (Å²) in [6.07, 6.45) is 11.5. The first-order chi connectivity index (χ1) is 16.2. The Morgan fingerprint density at radius 3 is 2.64 bits per heavy atom. The van der Waals surface area contributed by atoms with Crippen LogP contribution in [0.1, 0.15) is 51.9 Å². The number of aromatic nitrogens is 2. The van der Waals surface area contributed by atoms with Crippen LogP contribution in [0.25, 0.3) is 0 Å². The van der Waals surface area contributed by atoms with Gasteiger partial charge in [0.25, 0.3) is 0 Å². The van der Waals surface area contributed by atoms with Crippen LogP contribution in [0.3, 0.4) is 0 Å². The molecular formula is C26H37N5OS. The number of rotatable bonds is 9. The summed E-state index contributed by atoms with van der Waals surface area (Å²) in [4.78, 5) is 28.0. The second kappa shape index (κ2) is 12.4. The van der Waals surface area contributed by atoms with E-state index in [9.17, 15) is 4.79 Å². The predicted octanol–water partition coefficient (Wildman–Crippen LogP) is 4.62. The largest absolute Gasteiger partial charge is 0.356 e. The maximum atomic E-state index is 12.7. The number of nitrogens with one attached hydrogen (secondary N) is 1. The minimum absolute atomic E-state index is 0.0986. The van der Waals surface area contributed by atoms with Gasteiger partial charge in [-0.25, -0.2) is 9.97 Å². The molecule has 0 saturated carbocycles. The zero-order chi connectivity index (χ0) is 22.9. The minimum Gasteiger partial charge on any atom is -0.356 e. The number of piperidine rings is 2. The molecule has 2 aliphatic heterocycles. The van der Waals surface area contributed by atoms with Gasteiger partial charge in [-0.3, -0.25) is 4.79 Å². The highest BCUT2D eigenvalue weighted by atomic mass is 32.2. The van der Waals surface area contributed by atoms with Gasteiger partial charge in [-0.15, -0.1) is 0 Å². The zero-order valence-electron chi connectivity index (χ0n) is 19.8. The molecule has 0 radical (unpaired) electrons. The first-order valence-corrected chi connectivity index (χ1v) is 13.4. The third-order valence-corrected chi connectivity index (χ3v) is 7.90. The standard InChI is InChI=1S/C26H37N5OS/c1-2-22-9-6-7-17-30(22)18-8-14-28-25(32)21-12-19-31(20-13-21)24-26(29-16-15-27-24)33-23-10-4-3-5-11-23/h3-5,10-11,15-16,21-22H,2,6-9,12-14,17-20H2,1H3,(H,28,32)/t22-/m0/s1. The van der Waals surface area contributed by atoms with Crippen LogP contribution in [-0.2, 0) is 4.79 Å². The number of hydrogen-bond acceptors (Lipinski definition) is 6. The molecule has 1 aromatic carbocycles. The molecule has 4 rings (SSSR count). The molecular weight excluding hydrogens is 430 g/mol. The number of nitrogens with zero attached hydrogens (tertiary/aromatic N) is 4. The van der Waals surface area contributed by atoms with Crippen LogP contribution in [-0.4, -0.2) is 59.5 Å². The lowest BCUT2D eigenvalue weighted by Gasteiger charge is -2.35. The van der Waals surface area contributed by atoms with Gasteiger partial charge in [0.1, 0.15) is 5.03 Å². The van der Waals surface area contributed by atoms with E-state index in [-0.39, 0.29) is 11.8 Å². The fourth-order valence-electron chi connectivity index (χ4n) is 5.02. The van der Waals surface area contributed by atoms with Crippen molar-refractivity contribution in [2.45, 2.75) is 67.8 Å². The lowest BCUT2D eigenvalue weighted by molar-refractivity contribution is -0.125. The van der Waals surface area contributed by atoms with E-state index >= 15 is 0 Å². The third-order valence-electron chi connectivity index (χ3n) is 6.91. The highest BCUT2D eigenvalue weighted by molar-refractivity contribution is 7.99. The molecule has 1 amide bonds. The van der Waals surface area contributed by atoms with Crippen LogP contribution >= 0.6 is 11.8 Å². The van der Waals surface area contributed by atoms with E-state index in [4.69, 9.17) is 0 Å². The maximum Gasteiger partial charge on any atom is 0.223 e. The Morgan fingerprint density at radius 1 is 1.06 bits per heavy atom. The van der Waals surface area contributed by atoms with Gasteiger partial charge in [-0.1, -0.05) is 43.3 Å². The van der Waals surface area contributed by atoms with Crippen molar-refractivity contribution in [2.24, 2.45) is 5.92 Å². The van der Waals surface area contributed by atoms with Crippen molar-refractivity contribution < 1.29 is 4.79 Å². The molecule has 2 aliphatic rings. The maximum absolute atomic E-state index is 12.7. The molecule has 1 aromatic heterocycles. The molecule has 0 spiro atoms. The smallest absolute Gasteiger partial charge is 0.223 e. The summed E-state index contributed by atoms with van der Waals surface area (Å²) >= 11 is 1.64. The van der Waals surface area contributed by atoms with Crippen molar-refractivity contribution in [2.75, 3.05) is 37.6 Å². The van der Waals surface area contributed by atoms with E-state index in [0.29, 0.717) is 0 Å². The van der Waals surface area contributed by atoms with Crippen LogP contribution in [0.2, 0.25) is 0 Å². The van der Waals surface area contributed by atoms with Gasteiger partial charge in [0.05, 0.1) is 0 Å². The number of carbonyl (C=O) groups excluding carboxylic acids is 1. The van der Waals surface area contributed by atoms with Crippen molar-refractivity contribution in [3.05, 3.63) is 42.7 Å². The molecule has 7 heteroatoms. The van der Waals surface area contributed by atoms with E-state index in [1.54, 1.807) is 24.2 Å². The Kier molecular flexibility index (Phi) is 9.01. The Balaban J connectivity index is 1.22. The molecule has 0 aliphatic carbocycles. The van der Waals surface area contributed by atoms with Gasteiger partial charge < -0.3 is 15.1 Å². The average Bonchev–Trinajstić information content (AvgIpc) is 2.88. The number of carbonyl (C=O) groups is 1. The summed E-state index contributed by atoms with van der Waals surface area (Å²) in [5.41, 5.74) is 0. The predicted molar refractivity (Wildman–Crippen MR) is 135 cm³/mol. The normalized spacial score (nSPS) is 20.0. The first kappa shape index (κ1) is 24.0. The fourth-order valence-corrected chi connectivity index (χ4v) is 5.92. The van der Waals surface area contributed by atoms with Gasteiger partial charge >= 0.3 is 0 Å². The Bertz CT molecular complexity index is 872. The molecule has 0 unspecified atom stereocenters. The van der Waals surface area contributed by atoms with Crippen molar-refractivity contribution in [1.82, 2.24) is 20.2 Å². The van der Waals surface area contributed by atoms with E-state index in [2.05, 4.69) is 44.1 Å². The topological polar surface area (TPSA) is 61.4 Å². The Morgan fingerprint density at radius 2 is 1.85 bits per heavy atom. The van der Waals surface area contributed by atoms with Gasteiger partial charge in [0.15, 0.2) is 5.82 Å². The van der Waals surface area contributed by atoms with Crippen LogP contribution in [0.4, 0.5) is 5.82 Å². The average molecular weight is 468 g/mol. The Hall–Kier alpha value is -2.12. The van der Waals surface area contributed by atoms with Crippen molar-refractivity contribution in [1.29, 1.82) is 0 Å². The number of amides is 1. The highest BCUT2D eigenvalue weighted by Crippen LogP contribution is 2.33. The molecule has 2 aromatic rings.